The molecule has 0 unspecified atom stereocenters. The van der Waals surface area contributed by atoms with Crippen LogP contribution in [0.5, 0.6) is 0 Å². The van der Waals surface area contributed by atoms with Crippen molar-refractivity contribution in [1.29, 1.82) is 5.26 Å². The molecular formula is C19H18N4O3. The third-order valence-corrected chi connectivity index (χ3v) is 3.77. The Morgan fingerprint density at radius 3 is 2.42 bits per heavy atom. The number of nitrogens with one attached hydrogen (secondary N) is 1. The van der Waals surface area contributed by atoms with Crippen LogP contribution in [-0.4, -0.2) is 24.9 Å². The molecule has 0 aliphatic rings. The summed E-state index contributed by atoms with van der Waals surface area (Å²) in [6, 6.07) is 13.4. The van der Waals surface area contributed by atoms with Crippen molar-refractivity contribution in [3.8, 4) is 6.07 Å². The first-order chi connectivity index (χ1) is 12.3. The van der Waals surface area contributed by atoms with Crippen LogP contribution in [-0.2, 0) is 4.79 Å². The lowest BCUT2D eigenvalue weighted by Gasteiger charge is -2.12. The predicted molar refractivity (Wildman–Crippen MR) is 101 cm³/mol. The van der Waals surface area contributed by atoms with Gasteiger partial charge in [-0.2, -0.15) is 5.26 Å². The van der Waals surface area contributed by atoms with E-state index >= 15 is 0 Å². The second-order valence-electron chi connectivity index (χ2n) is 5.87. The summed E-state index contributed by atoms with van der Waals surface area (Å²) in [5.74, 6) is -0.618. The highest BCUT2D eigenvalue weighted by molar-refractivity contribution is 6.10. The van der Waals surface area contributed by atoms with E-state index in [0.717, 1.165) is 5.69 Å². The molecule has 0 bridgehead atoms. The van der Waals surface area contributed by atoms with Gasteiger partial charge in [-0.1, -0.05) is 18.2 Å². The van der Waals surface area contributed by atoms with E-state index in [1.54, 1.807) is 25.1 Å². The topological polar surface area (TPSA) is 99.3 Å². The SMILES string of the molecule is Cc1ccc([N+](=O)[O-])cc1NC(=O)C(C#N)=Cc1ccc(N(C)C)cc1. The van der Waals surface area contributed by atoms with Gasteiger partial charge >= 0.3 is 0 Å². The molecule has 132 valence electrons. The number of non-ortho nitro benzene ring substituents is 1. The van der Waals surface area contributed by atoms with Crippen molar-refractivity contribution >= 4 is 29.0 Å². The number of amides is 1. The maximum Gasteiger partial charge on any atom is 0.271 e. The Kier molecular flexibility index (Phi) is 5.71. The van der Waals surface area contributed by atoms with Crippen LogP contribution in [0.4, 0.5) is 17.1 Å². The smallest absolute Gasteiger partial charge is 0.271 e. The van der Waals surface area contributed by atoms with Crippen LogP contribution >= 0.6 is 0 Å². The third-order valence-electron chi connectivity index (χ3n) is 3.77. The van der Waals surface area contributed by atoms with Crippen LogP contribution in [0, 0.1) is 28.4 Å². The molecule has 1 amide bonds. The molecule has 26 heavy (non-hydrogen) atoms. The molecule has 0 atom stereocenters. The van der Waals surface area contributed by atoms with E-state index in [2.05, 4.69) is 5.32 Å². The van der Waals surface area contributed by atoms with E-state index in [1.165, 1.54) is 18.2 Å². The molecule has 0 saturated carbocycles. The molecule has 7 heteroatoms. The van der Waals surface area contributed by atoms with Gasteiger partial charge in [0, 0.05) is 31.9 Å². The second-order valence-corrected chi connectivity index (χ2v) is 5.87. The van der Waals surface area contributed by atoms with Crippen molar-refractivity contribution in [2.24, 2.45) is 0 Å². The van der Waals surface area contributed by atoms with Gasteiger partial charge in [-0.3, -0.25) is 14.9 Å². The molecule has 0 heterocycles. The monoisotopic (exact) mass is 350 g/mol. The summed E-state index contributed by atoms with van der Waals surface area (Å²) < 4.78 is 0. The predicted octanol–water partition coefficient (Wildman–Crippen LogP) is 3.51. The zero-order valence-electron chi connectivity index (χ0n) is 14.7. The highest BCUT2D eigenvalue weighted by Gasteiger charge is 2.14. The van der Waals surface area contributed by atoms with Gasteiger partial charge in [0.15, 0.2) is 0 Å². The first kappa shape index (κ1) is 18.7. The zero-order chi connectivity index (χ0) is 19.3. The number of benzene rings is 2. The van der Waals surface area contributed by atoms with E-state index in [0.29, 0.717) is 16.8 Å². The Labute approximate surface area is 151 Å². The number of nitro groups is 1. The minimum absolute atomic E-state index is 0.0893. The number of hydrogen-bond donors (Lipinski definition) is 1. The first-order valence-electron chi connectivity index (χ1n) is 7.77. The number of anilines is 2. The lowest BCUT2D eigenvalue weighted by atomic mass is 10.1. The fourth-order valence-corrected chi connectivity index (χ4v) is 2.23. The van der Waals surface area contributed by atoms with Crippen molar-refractivity contribution in [3.05, 3.63) is 69.3 Å². The van der Waals surface area contributed by atoms with Gasteiger partial charge in [-0.05, 0) is 36.3 Å². The third kappa shape index (κ3) is 4.45. The largest absolute Gasteiger partial charge is 0.378 e. The van der Waals surface area contributed by atoms with E-state index in [-0.39, 0.29) is 11.3 Å². The molecular weight excluding hydrogens is 332 g/mol. The number of nitrogens with zero attached hydrogens (tertiary/aromatic N) is 3. The minimum atomic E-state index is -0.618. The Morgan fingerprint density at radius 1 is 1.23 bits per heavy atom. The average molecular weight is 350 g/mol. The summed E-state index contributed by atoms with van der Waals surface area (Å²) in [6.07, 6.45) is 1.47. The van der Waals surface area contributed by atoms with Crippen molar-refractivity contribution in [2.45, 2.75) is 6.92 Å². The van der Waals surface area contributed by atoms with Gasteiger partial charge < -0.3 is 10.2 Å². The molecule has 0 radical (unpaired) electrons. The van der Waals surface area contributed by atoms with E-state index < -0.39 is 10.8 Å². The van der Waals surface area contributed by atoms with Gasteiger partial charge in [0.05, 0.1) is 10.6 Å². The maximum absolute atomic E-state index is 12.4. The summed E-state index contributed by atoms with van der Waals surface area (Å²) in [5, 5.41) is 22.7. The fraction of sp³-hybridized carbons (Fsp3) is 0.158. The molecule has 2 aromatic rings. The summed E-state index contributed by atoms with van der Waals surface area (Å²) in [4.78, 5) is 24.7. The van der Waals surface area contributed by atoms with Crippen molar-refractivity contribution in [3.63, 3.8) is 0 Å². The van der Waals surface area contributed by atoms with Crippen LogP contribution in [0.15, 0.2) is 48.0 Å². The van der Waals surface area contributed by atoms with Gasteiger partial charge in [0.2, 0.25) is 0 Å². The van der Waals surface area contributed by atoms with E-state index in [9.17, 15) is 20.2 Å². The number of hydrogen-bond acceptors (Lipinski definition) is 5. The quantitative estimate of drug-likeness (QED) is 0.385. The molecule has 0 saturated heterocycles. The molecule has 2 rings (SSSR count). The van der Waals surface area contributed by atoms with Gasteiger partial charge in [-0.15, -0.1) is 0 Å². The number of rotatable bonds is 5. The fourth-order valence-electron chi connectivity index (χ4n) is 2.23. The maximum atomic E-state index is 12.4. The standard InChI is InChI=1S/C19H18N4O3/c1-13-4-7-17(23(25)26)11-18(13)21-19(24)15(12-20)10-14-5-8-16(9-6-14)22(2)3/h4-11H,1-3H3,(H,21,24). The number of carbonyl (C=O) groups is 1. The Balaban J connectivity index is 2.25. The summed E-state index contributed by atoms with van der Waals surface area (Å²) >= 11 is 0. The molecule has 1 N–H and O–H groups in total. The number of nitro benzene ring substituents is 1. The van der Waals surface area contributed by atoms with Crippen molar-refractivity contribution in [1.82, 2.24) is 0 Å². The summed E-state index contributed by atoms with van der Waals surface area (Å²) in [5.41, 5.74) is 2.45. The average Bonchev–Trinajstić information content (AvgIpc) is 2.61. The minimum Gasteiger partial charge on any atom is -0.378 e. The molecule has 0 fully saturated rings. The molecule has 0 aliphatic carbocycles. The summed E-state index contributed by atoms with van der Waals surface area (Å²) in [6.45, 7) is 1.72. The van der Waals surface area contributed by atoms with Crippen molar-refractivity contribution in [2.75, 3.05) is 24.3 Å². The highest BCUT2D eigenvalue weighted by Crippen LogP contribution is 2.22. The van der Waals surface area contributed by atoms with Crippen LogP contribution in [0.1, 0.15) is 11.1 Å². The Bertz CT molecular complexity index is 909. The number of carbonyl (C=O) groups excluding carboxylic acids is 1. The van der Waals surface area contributed by atoms with Crippen LogP contribution < -0.4 is 10.2 Å². The number of nitriles is 1. The van der Waals surface area contributed by atoms with Crippen LogP contribution in [0.25, 0.3) is 6.08 Å². The van der Waals surface area contributed by atoms with Gasteiger partial charge in [0.25, 0.3) is 11.6 Å². The van der Waals surface area contributed by atoms with Crippen molar-refractivity contribution < 1.29 is 9.72 Å². The molecule has 0 spiro atoms. The molecule has 0 aromatic heterocycles. The number of aryl methyl sites for hydroxylation is 1. The molecule has 0 aliphatic heterocycles. The lowest BCUT2D eigenvalue weighted by molar-refractivity contribution is -0.384. The van der Waals surface area contributed by atoms with E-state index in [1.807, 2.05) is 37.2 Å². The van der Waals surface area contributed by atoms with Crippen LogP contribution in [0.3, 0.4) is 0 Å². The van der Waals surface area contributed by atoms with E-state index in [4.69, 9.17) is 0 Å². The molecule has 7 nitrogen and oxygen atoms in total. The lowest BCUT2D eigenvalue weighted by Crippen LogP contribution is -2.14. The normalized spacial score (nSPS) is 10.8. The second kappa shape index (κ2) is 7.94. The molecule has 2 aromatic carbocycles. The Hall–Kier alpha value is -3.66. The zero-order valence-corrected chi connectivity index (χ0v) is 14.7. The Morgan fingerprint density at radius 2 is 1.88 bits per heavy atom. The van der Waals surface area contributed by atoms with Gasteiger partial charge in [0.1, 0.15) is 11.6 Å². The van der Waals surface area contributed by atoms with Gasteiger partial charge in [-0.25, -0.2) is 0 Å². The highest BCUT2D eigenvalue weighted by atomic mass is 16.6. The first-order valence-corrected chi connectivity index (χ1v) is 7.77. The summed E-state index contributed by atoms with van der Waals surface area (Å²) in [7, 11) is 3.83. The van der Waals surface area contributed by atoms with Crippen LogP contribution in [0.2, 0.25) is 0 Å².